The van der Waals surface area contributed by atoms with E-state index in [0.29, 0.717) is 10.9 Å². The smallest absolute Gasteiger partial charge is 0.323 e. The molecule has 6 heteroatoms. The number of hydrogen-bond acceptors (Lipinski definition) is 4. The Labute approximate surface area is 154 Å². The van der Waals surface area contributed by atoms with Gasteiger partial charge in [0.25, 0.3) is 0 Å². The number of carboxylic acids is 1. The Balaban J connectivity index is 2.33. The Hall–Kier alpha value is -2.31. The highest BCUT2D eigenvalue weighted by Gasteiger charge is 2.19. The van der Waals surface area contributed by atoms with Crippen molar-refractivity contribution >= 4 is 11.7 Å². The molecule has 0 bridgehead atoms. The van der Waals surface area contributed by atoms with Crippen molar-refractivity contribution in [1.82, 2.24) is 4.57 Å². The molecule has 0 aliphatic heterocycles. The van der Waals surface area contributed by atoms with Crippen LogP contribution in [0.2, 0.25) is 0 Å². The number of carboxylic acid groups (broad SMARTS) is 1. The van der Waals surface area contributed by atoms with Crippen molar-refractivity contribution in [3.63, 3.8) is 0 Å². The minimum atomic E-state index is -0.818. The van der Waals surface area contributed by atoms with Gasteiger partial charge in [-0.05, 0) is 61.9 Å². The highest BCUT2D eigenvalue weighted by atomic mass is 16.5. The van der Waals surface area contributed by atoms with Crippen LogP contribution in [0.25, 0.3) is 0 Å². The highest BCUT2D eigenvalue weighted by Crippen LogP contribution is 2.27. The molecule has 26 heavy (non-hydrogen) atoms. The molecule has 6 nitrogen and oxygen atoms in total. The Morgan fingerprint density at radius 3 is 2.38 bits per heavy atom. The minimum Gasteiger partial charge on any atom is -0.480 e. The second-order valence-corrected chi connectivity index (χ2v) is 6.76. The number of nitrogens with two attached hydrogens (primary N) is 1. The van der Waals surface area contributed by atoms with E-state index in [0.717, 1.165) is 49.1 Å². The summed E-state index contributed by atoms with van der Waals surface area (Å²) in [7, 11) is 0. The van der Waals surface area contributed by atoms with Gasteiger partial charge in [-0.25, -0.2) is 5.84 Å². The lowest BCUT2D eigenvalue weighted by atomic mass is 10.00. The molecule has 0 aliphatic carbocycles. The lowest BCUT2D eigenvalue weighted by Gasteiger charge is -2.10. The molecule has 0 unspecified atom stereocenters. The zero-order chi connectivity index (χ0) is 19.3. The van der Waals surface area contributed by atoms with Gasteiger partial charge in [0.15, 0.2) is 0 Å². The summed E-state index contributed by atoms with van der Waals surface area (Å²) in [4.78, 5) is 11.3. The molecule has 0 radical (unpaired) electrons. The summed E-state index contributed by atoms with van der Waals surface area (Å²) in [5.41, 5.74) is 6.13. The van der Waals surface area contributed by atoms with Gasteiger partial charge in [-0.15, -0.1) is 0 Å². The monoisotopic (exact) mass is 359 g/mol. The molecule has 0 fully saturated rings. The molecule has 4 N–H and O–H groups in total. The first kappa shape index (κ1) is 20.0. The van der Waals surface area contributed by atoms with Gasteiger partial charge in [0.2, 0.25) is 0 Å². The van der Waals surface area contributed by atoms with Crippen molar-refractivity contribution < 1.29 is 15.1 Å². The van der Waals surface area contributed by atoms with Gasteiger partial charge in [0.05, 0.1) is 5.69 Å². The molecule has 0 saturated carbocycles. The molecule has 1 aromatic heterocycles. The molecule has 142 valence electrons. The van der Waals surface area contributed by atoms with Crippen LogP contribution in [0.3, 0.4) is 0 Å². The van der Waals surface area contributed by atoms with Crippen LogP contribution in [0.15, 0.2) is 24.3 Å². The van der Waals surface area contributed by atoms with Gasteiger partial charge in [-0.2, -0.15) is 5.17 Å². The van der Waals surface area contributed by atoms with Crippen LogP contribution in [0.1, 0.15) is 54.3 Å². The molecule has 2 rings (SSSR count). The van der Waals surface area contributed by atoms with Crippen LogP contribution in [0, 0.1) is 13.8 Å². The number of carbonyl (C=O) groups is 1. The number of aromatic nitrogens is 1. The van der Waals surface area contributed by atoms with Crippen LogP contribution >= 0.6 is 0 Å². The molecule has 0 atom stereocenters. The summed E-state index contributed by atoms with van der Waals surface area (Å²) >= 11 is 0. The average Bonchev–Trinajstić information content (AvgIpc) is 2.80. The summed E-state index contributed by atoms with van der Waals surface area (Å²) in [5.74, 6) is 4.50. The number of rotatable bonds is 9. The normalized spacial score (nSPS) is 11.0. The lowest BCUT2D eigenvalue weighted by Crippen LogP contribution is -2.25. The average molecular weight is 359 g/mol. The van der Waals surface area contributed by atoms with Crippen LogP contribution in [0.4, 0.5) is 5.69 Å². The molecule has 0 amide bonds. The van der Waals surface area contributed by atoms with E-state index in [1.54, 1.807) is 12.1 Å². The van der Waals surface area contributed by atoms with Gasteiger partial charge < -0.3 is 9.67 Å². The van der Waals surface area contributed by atoms with Crippen molar-refractivity contribution in [3.8, 4) is 0 Å². The molecule has 2 aromatic rings. The predicted octanol–water partition coefficient (Wildman–Crippen LogP) is 3.58. The molecule has 0 aliphatic rings. The van der Waals surface area contributed by atoms with E-state index in [1.165, 1.54) is 11.1 Å². The van der Waals surface area contributed by atoms with E-state index in [9.17, 15) is 15.1 Å². The van der Waals surface area contributed by atoms with E-state index in [4.69, 9.17) is 5.84 Å². The third kappa shape index (κ3) is 4.65. The quantitative estimate of drug-likeness (QED) is 0.362. The summed E-state index contributed by atoms with van der Waals surface area (Å²) in [6.07, 6.45) is 4.97. The number of nitrogens with zero attached hydrogens (tertiary/aromatic N) is 2. The second-order valence-electron chi connectivity index (χ2n) is 6.76. The Morgan fingerprint density at radius 1 is 1.19 bits per heavy atom. The number of anilines is 1. The summed E-state index contributed by atoms with van der Waals surface area (Å²) in [6.45, 7) is 6.25. The molecule has 0 saturated heterocycles. The Kier molecular flexibility index (Phi) is 6.83. The Bertz CT molecular complexity index is 749. The van der Waals surface area contributed by atoms with Gasteiger partial charge in [0, 0.05) is 11.4 Å². The summed E-state index contributed by atoms with van der Waals surface area (Å²) in [6, 6.07) is 7.37. The fourth-order valence-electron chi connectivity index (χ4n) is 3.46. The minimum absolute atomic E-state index is 0.000282. The maximum absolute atomic E-state index is 11.3. The zero-order valence-corrected chi connectivity index (χ0v) is 15.8. The zero-order valence-electron chi connectivity index (χ0n) is 15.8. The topological polar surface area (TPSA) is 91.7 Å². The fraction of sp³-hybridized carbons (Fsp3) is 0.450. The number of benzene rings is 1. The summed E-state index contributed by atoms with van der Waals surface area (Å²) in [5, 5.41) is 19.2. The van der Waals surface area contributed by atoms with Crippen molar-refractivity contribution in [2.75, 3.05) is 5.17 Å². The molecule has 0 spiro atoms. The van der Waals surface area contributed by atoms with E-state index < -0.39 is 5.97 Å². The molecular formula is C20H29N3O3. The van der Waals surface area contributed by atoms with Crippen molar-refractivity contribution in [2.24, 2.45) is 5.84 Å². The maximum atomic E-state index is 11.3. The highest BCUT2D eigenvalue weighted by molar-refractivity contribution is 5.67. The second kappa shape index (κ2) is 8.87. The standard InChI is InChI=1S/C20H29N3O3/c1-4-5-6-7-19-14(2)18(15(3)22(19)13-20(24)25)12-16-8-10-17(11-9-16)23(21)26/h8-11,26H,4-7,12-13,21H2,1-3H3,(H,24,25). The molecule has 1 heterocycles. The largest absolute Gasteiger partial charge is 0.480 e. The third-order valence-corrected chi connectivity index (χ3v) is 4.95. The van der Waals surface area contributed by atoms with E-state index >= 15 is 0 Å². The lowest BCUT2D eigenvalue weighted by molar-refractivity contribution is -0.137. The first-order chi connectivity index (χ1) is 12.3. The maximum Gasteiger partial charge on any atom is 0.323 e. The van der Waals surface area contributed by atoms with Gasteiger partial charge in [-0.3, -0.25) is 10.0 Å². The Morgan fingerprint density at radius 2 is 1.85 bits per heavy atom. The fourth-order valence-corrected chi connectivity index (χ4v) is 3.46. The van der Waals surface area contributed by atoms with Crippen molar-refractivity contribution in [2.45, 2.75) is 59.4 Å². The predicted molar refractivity (Wildman–Crippen MR) is 102 cm³/mol. The van der Waals surface area contributed by atoms with E-state index in [2.05, 4.69) is 13.8 Å². The van der Waals surface area contributed by atoms with Gasteiger partial charge >= 0.3 is 5.97 Å². The molecular weight excluding hydrogens is 330 g/mol. The third-order valence-electron chi connectivity index (χ3n) is 4.95. The van der Waals surface area contributed by atoms with Crippen LogP contribution < -0.4 is 11.0 Å². The number of unbranched alkanes of at least 4 members (excludes halogenated alkanes) is 2. The SMILES string of the molecule is CCCCCc1c(C)c(Cc2ccc(N(N)O)cc2)c(C)n1CC(=O)O. The van der Waals surface area contributed by atoms with Crippen molar-refractivity contribution in [1.29, 1.82) is 0 Å². The van der Waals surface area contributed by atoms with E-state index in [-0.39, 0.29) is 6.54 Å². The van der Waals surface area contributed by atoms with Crippen LogP contribution in [-0.4, -0.2) is 20.9 Å². The van der Waals surface area contributed by atoms with Crippen LogP contribution in [0.5, 0.6) is 0 Å². The number of aliphatic carboxylic acids is 1. The van der Waals surface area contributed by atoms with Gasteiger partial charge in [0.1, 0.15) is 6.54 Å². The van der Waals surface area contributed by atoms with Crippen LogP contribution in [-0.2, 0) is 24.2 Å². The van der Waals surface area contributed by atoms with Crippen molar-refractivity contribution in [3.05, 3.63) is 52.3 Å². The first-order valence-electron chi connectivity index (χ1n) is 9.07. The number of hydrazine groups is 1. The first-order valence-corrected chi connectivity index (χ1v) is 9.07. The summed E-state index contributed by atoms with van der Waals surface area (Å²) < 4.78 is 1.95. The van der Waals surface area contributed by atoms with Gasteiger partial charge in [-0.1, -0.05) is 31.9 Å². The molecule has 1 aromatic carbocycles. The van der Waals surface area contributed by atoms with E-state index in [1.807, 2.05) is 23.6 Å². The number of hydrogen-bond donors (Lipinski definition) is 3.